The van der Waals surface area contributed by atoms with E-state index in [9.17, 15) is 19.7 Å². The van der Waals surface area contributed by atoms with E-state index < -0.39 is 23.5 Å². The van der Waals surface area contributed by atoms with Crippen molar-refractivity contribution in [1.82, 2.24) is 10.6 Å². The normalized spacial score (nSPS) is 9.40. The molecule has 0 unspecified atom stereocenters. The molecule has 1 aromatic carbocycles. The van der Waals surface area contributed by atoms with Crippen molar-refractivity contribution in [2.24, 2.45) is 0 Å². The zero-order valence-electron chi connectivity index (χ0n) is 10.5. The van der Waals surface area contributed by atoms with E-state index >= 15 is 0 Å². The fraction of sp³-hybridized carbons (Fsp3) is 0.167. The van der Waals surface area contributed by atoms with E-state index in [1.54, 1.807) is 0 Å². The first-order valence-electron chi connectivity index (χ1n) is 5.59. The lowest BCUT2D eigenvalue weighted by molar-refractivity contribution is -0.385. The second-order valence-electron chi connectivity index (χ2n) is 3.56. The molecule has 0 fully saturated rings. The van der Waals surface area contributed by atoms with Gasteiger partial charge in [0.1, 0.15) is 0 Å². The van der Waals surface area contributed by atoms with Crippen LogP contribution in [0, 0.1) is 10.1 Å². The molecule has 2 N–H and O–H groups in total. The van der Waals surface area contributed by atoms with Crippen LogP contribution in [-0.2, 0) is 4.79 Å². The van der Waals surface area contributed by atoms with Gasteiger partial charge in [-0.15, -0.1) is 6.58 Å². The Kier molecular flexibility index (Phi) is 5.70. The molecule has 1 aromatic rings. The van der Waals surface area contributed by atoms with Crippen LogP contribution in [0.15, 0.2) is 36.9 Å². The maximum absolute atomic E-state index is 11.4. The van der Waals surface area contributed by atoms with E-state index in [1.165, 1.54) is 30.3 Å². The molecule has 1 rings (SSSR count). The molecule has 0 bridgehead atoms. The highest BCUT2D eigenvalue weighted by Crippen LogP contribution is 2.25. The number of carbonyl (C=O) groups excluding carboxylic acids is 2. The smallest absolute Gasteiger partial charge is 0.321 e. The van der Waals surface area contributed by atoms with Crippen LogP contribution < -0.4 is 15.4 Å². The van der Waals surface area contributed by atoms with Gasteiger partial charge in [0.2, 0.25) is 0 Å². The molecular weight excluding hydrogens is 266 g/mol. The summed E-state index contributed by atoms with van der Waals surface area (Å²) in [5.41, 5.74) is -0.253. The topological polar surface area (TPSA) is 111 Å². The minimum Gasteiger partial charge on any atom is -0.477 e. The zero-order valence-corrected chi connectivity index (χ0v) is 10.5. The third-order valence-electron chi connectivity index (χ3n) is 2.08. The number of urea groups is 1. The summed E-state index contributed by atoms with van der Waals surface area (Å²) in [5, 5.41) is 15.1. The lowest BCUT2D eigenvalue weighted by atomic mass is 10.3. The number of hydrogen-bond donors (Lipinski definition) is 2. The Hall–Kier alpha value is -2.90. The lowest BCUT2D eigenvalue weighted by Gasteiger charge is -2.07. The van der Waals surface area contributed by atoms with Crippen molar-refractivity contribution in [3.8, 4) is 5.75 Å². The van der Waals surface area contributed by atoms with Crippen LogP contribution in [0.4, 0.5) is 10.5 Å². The Morgan fingerprint density at radius 2 is 2.10 bits per heavy atom. The van der Waals surface area contributed by atoms with Crippen LogP contribution in [0.5, 0.6) is 5.75 Å². The average Bonchev–Trinajstić information content (AvgIpc) is 2.43. The Labute approximate surface area is 114 Å². The second kappa shape index (κ2) is 7.52. The summed E-state index contributed by atoms with van der Waals surface area (Å²) in [6.07, 6.45) is 1.45. The van der Waals surface area contributed by atoms with Crippen molar-refractivity contribution in [3.63, 3.8) is 0 Å². The number of benzene rings is 1. The Morgan fingerprint density at radius 1 is 1.40 bits per heavy atom. The molecule has 0 aliphatic rings. The van der Waals surface area contributed by atoms with Gasteiger partial charge in [0, 0.05) is 12.6 Å². The zero-order chi connectivity index (χ0) is 15.0. The Balaban J connectivity index is 2.51. The second-order valence-corrected chi connectivity index (χ2v) is 3.56. The molecule has 0 atom stereocenters. The Bertz CT molecular complexity index is 530. The van der Waals surface area contributed by atoms with Crippen LogP contribution in [0.2, 0.25) is 0 Å². The fourth-order valence-electron chi connectivity index (χ4n) is 1.25. The van der Waals surface area contributed by atoms with Crippen LogP contribution in [0.25, 0.3) is 0 Å². The number of para-hydroxylation sites is 2. The molecule has 3 amide bonds. The van der Waals surface area contributed by atoms with Crippen molar-refractivity contribution in [2.45, 2.75) is 0 Å². The first-order chi connectivity index (χ1) is 9.54. The van der Waals surface area contributed by atoms with Crippen molar-refractivity contribution in [1.29, 1.82) is 0 Å². The van der Waals surface area contributed by atoms with Gasteiger partial charge in [-0.1, -0.05) is 18.2 Å². The van der Waals surface area contributed by atoms with E-state index in [0.717, 1.165) is 0 Å². The number of rotatable bonds is 6. The Morgan fingerprint density at radius 3 is 2.75 bits per heavy atom. The van der Waals surface area contributed by atoms with Gasteiger partial charge >= 0.3 is 11.7 Å². The molecule has 0 radical (unpaired) electrons. The summed E-state index contributed by atoms with van der Waals surface area (Å²) < 4.78 is 5.01. The number of nitrogens with zero attached hydrogens (tertiary/aromatic N) is 1. The maximum atomic E-state index is 11.4. The predicted octanol–water partition coefficient (Wildman–Crippen LogP) is 0.985. The van der Waals surface area contributed by atoms with Crippen LogP contribution in [0.3, 0.4) is 0 Å². The number of nitrogens with one attached hydrogen (secondary N) is 2. The highest BCUT2D eigenvalue weighted by molar-refractivity contribution is 5.95. The summed E-state index contributed by atoms with van der Waals surface area (Å²) >= 11 is 0. The van der Waals surface area contributed by atoms with Crippen molar-refractivity contribution < 1.29 is 19.2 Å². The average molecular weight is 279 g/mol. The van der Waals surface area contributed by atoms with Gasteiger partial charge in [-0.3, -0.25) is 20.2 Å². The van der Waals surface area contributed by atoms with E-state index in [4.69, 9.17) is 4.74 Å². The van der Waals surface area contributed by atoms with E-state index in [-0.39, 0.29) is 18.0 Å². The summed E-state index contributed by atoms with van der Waals surface area (Å²) in [6.45, 7) is 3.10. The fourth-order valence-corrected chi connectivity index (χ4v) is 1.25. The van der Waals surface area contributed by atoms with Gasteiger partial charge in [0.15, 0.2) is 12.4 Å². The number of amides is 3. The number of carbonyl (C=O) groups is 2. The van der Waals surface area contributed by atoms with Crippen LogP contribution in [0.1, 0.15) is 0 Å². The van der Waals surface area contributed by atoms with Gasteiger partial charge in [-0.2, -0.15) is 0 Å². The first-order valence-corrected chi connectivity index (χ1v) is 5.59. The molecule has 0 saturated carbocycles. The minimum absolute atomic E-state index is 0.0425. The quantitative estimate of drug-likeness (QED) is 0.458. The van der Waals surface area contributed by atoms with Crippen molar-refractivity contribution >= 4 is 17.6 Å². The van der Waals surface area contributed by atoms with Gasteiger partial charge in [-0.05, 0) is 6.07 Å². The monoisotopic (exact) mass is 279 g/mol. The summed E-state index contributed by atoms with van der Waals surface area (Å²) in [7, 11) is 0. The molecule has 0 saturated heterocycles. The number of nitro groups is 1. The highest BCUT2D eigenvalue weighted by atomic mass is 16.6. The van der Waals surface area contributed by atoms with Gasteiger partial charge < -0.3 is 10.1 Å². The molecule has 8 heteroatoms. The SMILES string of the molecule is C=CCNC(=O)NC(=O)COc1ccccc1[N+](=O)[O-]. The van der Waals surface area contributed by atoms with Gasteiger partial charge in [-0.25, -0.2) is 4.79 Å². The summed E-state index contributed by atoms with van der Waals surface area (Å²) in [5.74, 6) is -0.760. The molecule has 106 valence electrons. The molecule has 0 spiro atoms. The third kappa shape index (κ3) is 4.77. The first kappa shape index (κ1) is 15.2. The van der Waals surface area contributed by atoms with Crippen LogP contribution >= 0.6 is 0 Å². The number of nitro benzene ring substituents is 1. The third-order valence-corrected chi connectivity index (χ3v) is 2.08. The molecule has 0 aromatic heterocycles. The van der Waals surface area contributed by atoms with E-state index in [2.05, 4.69) is 11.9 Å². The highest BCUT2D eigenvalue weighted by Gasteiger charge is 2.15. The standard InChI is InChI=1S/C12H13N3O5/c1-2-7-13-12(17)14-11(16)8-20-10-6-4-3-5-9(10)15(18)19/h2-6H,1,7-8H2,(H2,13,14,16,17). The molecule has 0 heterocycles. The molecule has 0 aliphatic carbocycles. The number of ether oxygens (including phenoxy) is 1. The van der Waals surface area contributed by atoms with Crippen LogP contribution in [-0.4, -0.2) is 30.0 Å². The largest absolute Gasteiger partial charge is 0.477 e. The van der Waals surface area contributed by atoms with Gasteiger partial charge in [0.05, 0.1) is 4.92 Å². The van der Waals surface area contributed by atoms with Crippen molar-refractivity contribution in [2.75, 3.05) is 13.2 Å². The van der Waals surface area contributed by atoms with E-state index in [0.29, 0.717) is 0 Å². The van der Waals surface area contributed by atoms with E-state index in [1.807, 2.05) is 5.32 Å². The summed E-state index contributed by atoms with van der Waals surface area (Å²) in [6, 6.07) is 4.94. The maximum Gasteiger partial charge on any atom is 0.321 e. The molecule has 20 heavy (non-hydrogen) atoms. The molecule has 0 aliphatic heterocycles. The number of hydrogen-bond acceptors (Lipinski definition) is 5. The summed E-state index contributed by atoms with van der Waals surface area (Å²) in [4.78, 5) is 32.6. The van der Waals surface area contributed by atoms with Crippen molar-refractivity contribution in [3.05, 3.63) is 47.0 Å². The molecular formula is C12H13N3O5. The van der Waals surface area contributed by atoms with Gasteiger partial charge in [0.25, 0.3) is 5.91 Å². The minimum atomic E-state index is -0.718. The predicted molar refractivity (Wildman–Crippen MR) is 70.3 cm³/mol. The number of imide groups is 1. The molecule has 8 nitrogen and oxygen atoms in total. The lowest BCUT2D eigenvalue weighted by Crippen LogP contribution is -2.41.